The highest BCUT2D eigenvalue weighted by Gasteiger charge is 2.20. The van der Waals surface area contributed by atoms with Crippen molar-refractivity contribution < 1.29 is 4.79 Å². The Morgan fingerprint density at radius 3 is 2.50 bits per heavy atom. The fourth-order valence-corrected chi connectivity index (χ4v) is 5.33. The highest BCUT2D eigenvalue weighted by Crippen LogP contribution is 2.31. The summed E-state index contributed by atoms with van der Waals surface area (Å²) in [5.41, 5.74) is 5.57. The van der Waals surface area contributed by atoms with Crippen LogP contribution in [0.2, 0.25) is 0 Å². The normalized spacial score (nSPS) is 17.1. The van der Waals surface area contributed by atoms with Gasteiger partial charge >= 0.3 is 0 Å². The molecule has 0 unspecified atom stereocenters. The minimum absolute atomic E-state index is 0.241. The van der Waals surface area contributed by atoms with Crippen LogP contribution in [0.3, 0.4) is 0 Å². The van der Waals surface area contributed by atoms with Crippen LogP contribution < -0.4 is 16.0 Å². The van der Waals surface area contributed by atoms with Crippen LogP contribution in [0.15, 0.2) is 85.6 Å². The summed E-state index contributed by atoms with van der Waals surface area (Å²) in [5.74, 6) is 1.21. The molecule has 4 aromatic rings. The van der Waals surface area contributed by atoms with Gasteiger partial charge in [-0.3, -0.25) is 4.79 Å². The summed E-state index contributed by atoms with van der Waals surface area (Å²) in [6.07, 6.45) is 10.9. The summed E-state index contributed by atoms with van der Waals surface area (Å²) in [6.45, 7) is 5.81. The molecule has 1 aromatic heterocycles. The van der Waals surface area contributed by atoms with Crippen molar-refractivity contribution in [1.82, 2.24) is 9.97 Å². The number of nitrogens with one attached hydrogen (secondary N) is 3. The smallest absolute Gasteiger partial charge is 0.247 e. The number of benzene rings is 3. The fraction of sp³-hybridized carbons (Fsp3) is 0.281. The molecule has 1 saturated carbocycles. The molecular formula is C32H35N5O. The number of hydrogen-bond acceptors (Lipinski definition) is 5. The van der Waals surface area contributed by atoms with E-state index in [1.807, 2.05) is 48.7 Å². The van der Waals surface area contributed by atoms with Crippen molar-refractivity contribution in [3.05, 3.63) is 85.6 Å². The van der Waals surface area contributed by atoms with Gasteiger partial charge in [-0.05, 0) is 79.6 Å². The van der Waals surface area contributed by atoms with Crippen LogP contribution in [0, 0.1) is 5.92 Å². The molecule has 0 saturated heterocycles. The number of carbonyl (C=O) groups is 1. The number of fused-ring (bicyclic) bond motifs is 1. The summed E-state index contributed by atoms with van der Waals surface area (Å²) >= 11 is 0. The van der Waals surface area contributed by atoms with Crippen LogP contribution in [0.25, 0.3) is 22.0 Å². The zero-order valence-electron chi connectivity index (χ0n) is 21.9. The molecule has 0 spiro atoms. The van der Waals surface area contributed by atoms with Crippen molar-refractivity contribution in [2.75, 3.05) is 16.0 Å². The number of amides is 1. The van der Waals surface area contributed by atoms with Gasteiger partial charge in [0.25, 0.3) is 0 Å². The molecule has 194 valence electrons. The molecule has 0 radical (unpaired) electrons. The van der Waals surface area contributed by atoms with Gasteiger partial charge in [0.2, 0.25) is 11.9 Å². The molecule has 0 aliphatic heterocycles. The van der Waals surface area contributed by atoms with Gasteiger partial charge in [-0.15, -0.1) is 0 Å². The number of hydrogen-bond donors (Lipinski definition) is 3. The van der Waals surface area contributed by atoms with Crippen molar-refractivity contribution in [3.63, 3.8) is 0 Å². The number of aromatic nitrogens is 2. The highest BCUT2D eigenvalue weighted by molar-refractivity contribution is 6.00. The van der Waals surface area contributed by atoms with E-state index in [2.05, 4.69) is 58.7 Å². The Kier molecular flexibility index (Phi) is 7.98. The largest absolute Gasteiger partial charge is 0.382 e. The lowest BCUT2D eigenvalue weighted by Crippen LogP contribution is -2.26. The third-order valence-corrected chi connectivity index (χ3v) is 7.29. The molecule has 3 N–H and O–H groups in total. The molecule has 5 rings (SSSR count). The first-order valence-electron chi connectivity index (χ1n) is 13.5. The van der Waals surface area contributed by atoms with E-state index < -0.39 is 0 Å². The maximum atomic E-state index is 11.8. The second kappa shape index (κ2) is 11.9. The lowest BCUT2D eigenvalue weighted by Gasteiger charge is -2.29. The van der Waals surface area contributed by atoms with Crippen LogP contribution in [0.5, 0.6) is 0 Å². The van der Waals surface area contributed by atoms with Gasteiger partial charge in [-0.2, -0.15) is 0 Å². The molecule has 1 amide bonds. The lowest BCUT2D eigenvalue weighted by molar-refractivity contribution is -0.111. The first-order valence-corrected chi connectivity index (χ1v) is 13.5. The first-order chi connectivity index (χ1) is 18.6. The van der Waals surface area contributed by atoms with Gasteiger partial charge in [-0.25, -0.2) is 9.97 Å². The minimum atomic E-state index is -0.241. The van der Waals surface area contributed by atoms with Crippen LogP contribution in [-0.4, -0.2) is 21.9 Å². The molecule has 0 bridgehead atoms. The number of para-hydroxylation sites is 1. The molecule has 3 aromatic carbocycles. The third-order valence-electron chi connectivity index (χ3n) is 7.29. The van der Waals surface area contributed by atoms with Crippen molar-refractivity contribution in [3.8, 4) is 11.1 Å². The summed E-state index contributed by atoms with van der Waals surface area (Å²) in [4.78, 5) is 21.1. The molecule has 1 fully saturated rings. The van der Waals surface area contributed by atoms with E-state index in [1.54, 1.807) is 0 Å². The second-order valence-electron chi connectivity index (χ2n) is 10.1. The molecule has 6 heteroatoms. The zero-order chi connectivity index (χ0) is 26.3. The number of nitrogens with zero attached hydrogens (tertiary/aromatic N) is 2. The number of anilines is 4. The Morgan fingerprint density at radius 2 is 1.74 bits per heavy atom. The van der Waals surface area contributed by atoms with Gasteiger partial charge in [-0.1, -0.05) is 56.7 Å². The van der Waals surface area contributed by atoms with Crippen molar-refractivity contribution >= 4 is 39.8 Å². The Bertz CT molecular complexity index is 1410. The molecule has 1 aliphatic carbocycles. The Balaban J connectivity index is 1.29. The Morgan fingerprint density at radius 1 is 0.974 bits per heavy atom. The quantitative estimate of drug-likeness (QED) is 0.201. The summed E-state index contributed by atoms with van der Waals surface area (Å²) in [6, 6.07) is 22.7. The monoisotopic (exact) mass is 505 g/mol. The average Bonchev–Trinajstić information content (AvgIpc) is 2.95. The predicted molar refractivity (Wildman–Crippen MR) is 158 cm³/mol. The Hall–Kier alpha value is -4.19. The van der Waals surface area contributed by atoms with Crippen molar-refractivity contribution in [2.24, 2.45) is 5.92 Å². The van der Waals surface area contributed by atoms with Gasteiger partial charge in [0.15, 0.2) is 0 Å². The van der Waals surface area contributed by atoms with Gasteiger partial charge in [0.1, 0.15) is 0 Å². The van der Waals surface area contributed by atoms with Crippen LogP contribution in [0.1, 0.15) is 45.4 Å². The predicted octanol–water partition coefficient (Wildman–Crippen LogP) is 7.94. The first kappa shape index (κ1) is 25.5. The van der Waals surface area contributed by atoms with Crippen LogP contribution in [-0.2, 0) is 4.79 Å². The second-order valence-corrected chi connectivity index (χ2v) is 10.1. The SMILES string of the molecule is C=CC(=O)Nc1cccc(-c2cccc3cnc(Nc4ccc(NC5CCC(CCC)CC5)cc4)nc23)c1. The van der Waals surface area contributed by atoms with E-state index in [9.17, 15) is 4.79 Å². The summed E-state index contributed by atoms with van der Waals surface area (Å²) in [5, 5.41) is 10.8. The summed E-state index contributed by atoms with van der Waals surface area (Å²) in [7, 11) is 0. The minimum Gasteiger partial charge on any atom is -0.382 e. The van der Waals surface area contributed by atoms with Crippen LogP contribution in [0.4, 0.5) is 23.0 Å². The van der Waals surface area contributed by atoms with E-state index in [1.165, 1.54) is 44.6 Å². The van der Waals surface area contributed by atoms with E-state index in [0.29, 0.717) is 17.7 Å². The van der Waals surface area contributed by atoms with Gasteiger partial charge in [0.05, 0.1) is 5.52 Å². The Labute approximate surface area is 224 Å². The third kappa shape index (κ3) is 6.20. The van der Waals surface area contributed by atoms with Crippen molar-refractivity contribution in [1.29, 1.82) is 0 Å². The molecule has 1 heterocycles. The fourth-order valence-electron chi connectivity index (χ4n) is 5.33. The lowest BCUT2D eigenvalue weighted by atomic mass is 9.83. The number of carbonyl (C=O) groups excluding carboxylic acids is 1. The average molecular weight is 506 g/mol. The van der Waals surface area contributed by atoms with E-state index in [4.69, 9.17) is 4.98 Å². The number of rotatable bonds is 9. The van der Waals surface area contributed by atoms with Crippen LogP contribution >= 0.6 is 0 Å². The maximum Gasteiger partial charge on any atom is 0.247 e. The van der Waals surface area contributed by atoms with Crippen molar-refractivity contribution in [2.45, 2.75) is 51.5 Å². The van der Waals surface area contributed by atoms with Gasteiger partial charge < -0.3 is 16.0 Å². The molecule has 1 aliphatic rings. The molecule has 38 heavy (non-hydrogen) atoms. The molecule has 6 nitrogen and oxygen atoms in total. The van der Waals surface area contributed by atoms with Gasteiger partial charge in [0, 0.05) is 40.3 Å². The summed E-state index contributed by atoms with van der Waals surface area (Å²) < 4.78 is 0. The van der Waals surface area contributed by atoms with E-state index >= 15 is 0 Å². The topological polar surface area (TPSA) is 78.9 Å². The standard InChI is InChI=1S/C32H35N5O/c1-3-7-22-12-14-25(15-13-22)34-26-16-18-27(19-17-26)36-32-33-21-24-9-6-11-29(31(24)37-32)23-8-5-10-28(20-23)35-30(38)4-2/h4-6,8-11,16-22,25,34H,2-3,7,12-15H2,1H3,(H,35,38)(H,33,36,37). The highest BCUT2D eigenvalue weighted by atomic mass is 16.1. The maximum absolute atomic E-state index is 11.8. The molecular weight excluding hydrogens is 470 g/mol. The zero-order valence-corrected chi connectivity index (χ0v) is 21.9. The van der Waals surface area contributed by atoms with E-state index in [-0.39, 0.29) is 5.91 Å². The van der Waals surface area contributed by atoms with E-state index in [0.717, 1.165) is 39.3 Å². The molecule has 0 atom stereocenters.